The van der Waals surface area contributed by atoms with Gasteiger partial charge in [-0.05, 0) is 37.7 Å². The third-order valence-corrected chi connectivity index (χ3v) is 7.15. The number of hydrogen-bond acceptors (Lipinski definition) is 6. The van der Waals surface area contributed by atoms with E-state index in [1.807, 2.05) is 11.8 Å². The van der Waals surface area contributed by atoms with Crippen LogP contribution in [-0.2, 0) is 9.53 Å². The van der Waals surface area contributed by atoms with Crippen LogP contribution in [0, 0.1) is 6.92 Å². The van der Waals surface area contributed by atoms with E-state index in [2.05, 4.69) is 33.7 Å². The molecule has 0 bridgehead atoms. The lowest BCUT2D eigenvalue weighted by Gasteiger charge is -2.35. The number of anilines is 1. The zero-order chi connectivity index (χ0) is 22.5. The number of piperazine rings is 1. The Labute approximate surface area is 205 Å². The largest absolute Gasteiger partial charge is 0.379 e. The molecule has 1 saturated carbocycles. The summed E-state index contributed by atoms with van der Waals surface area (Å²) >= 11 is 0. The zero-order valence-electron chi connectivity index (χ0n) is 19.7. The molecular weight excluding hydrogens is 452 g/mol. The molecule has 2 aromatic heterocycles. The first-order valence-corrected chi connectivity index (χ1v) is 12.0. The predicted octanol–water partition coefficient (Wildman–Crippen LogP) is 3.73. The van der Waals surface area contributed by atoms with Gasteiger partial charge in [-0.15, -0.1) is 12.4 Å². The van der Waals surface area contributed by atoms with Gasteiger partial charge in [-0.2, -0.15) is 0 Å². The van der Waals surface area contributed by atoms with Crippen molar-refractivity contribution in [3.8, 4) is 11.4 Å². The summed E-state index contributed by atoms with van der Waals surface area (Å²) in [4.78, 5) is 30.9. The van der Waals surface area contributed by atoms with Crippen LogP contribution in [0.25, 0.3) is 22.6 Å². The molecule has 1 aliphatic carbocycles. The Kier molecular flexibility index (Phi) is 6.20. The molecule has 1 atom stereocenters. The summed E-state index contributed by atoms with van der Waals surface area (Å²) in [5.74, 6) is 3.35. The van der Waals surface area contributed by atoms with Crippen molar-refractivity contribution in [3.05, 3.63) is 35.7 Å². The fourth-order valence-electron chi connectivity index (χ4n) is 5.23. The van der Waals surface area contributed by atoms with Crippen LogP contribution in [0.2, 0.25) is 0 Å². The van der Waals surface area contributed by atoms with Crippen LogP contribution in [0.15, 0.2) is 24.3 Å². The van der Waals surface area contributed by atoms with Gasteiger partial charge in [0.2, 0.25) is 5.91 Å². The summed E-state index contributed by atoms with van der Waals surface area (Å²) in [7, 11) is 0. The number of aromatic nitrogens is 4. The van der Waals surface area contributed by atoms with Gasteiger partial charge in [-0.3, -0.25) is 4.79 Å². The molecule has 4 heterocycles. The first-order chi connectivity index (χ1) is 16.1. The van der Waals surface area contributed by atoms with E-state index >= 15 is 0 Å². The topological polar surface area (TPSA) is 76.4 Å². The van der Waals surface area contributed by atoms with Crippen molar-refractivity contribution in [1.82, 2.24) is 24.4 Å². The van der Waals surface area contributed by atoms with E-state index in [0.29, 0.717) is 25.6 Å². The Bertz CT molecular complexity index is 1210. The second-order valence-electron chi connectivity index (χ2n) is 9.44. The number of nitrogens with zero attached hydrogens (tertiary/aromatic N) is 6. The summed E-state index contributed by atoms with van der Waals surface area (Å²) in [6.07, 6.45) is 3.45. The summed E-state index contributed by atoms with van der Waals surface area (Å²) < 4.78 is 8.09. The molecule has 6 rings (SSSR count). The van der Waals surface area contributed by atoms with Crippen LogP contribution in [0.4, 0.5) is 5.82 Å². The van der Waals surface area contributed by atoms with Crippen molar-refractivity contribution in [3.63, 3.8) is 0 Å². The SMILES string of the molecule is CC(=O)N1CCN(c2nc(C)nc3c2nc(-c2ccccc2C2CC2)n3[C@H]2CCOC2)CC1.Cl. The second-order valence-corrected chi connectivity index (χ2v) is 9.44. The Balaban J connectivity index is 0.00000241. The highest BCUT2D eigenvalue weighted by Crippen LogP contribution is 2.45. The smallest absolute Gasteiger partial charge is 0.219 e. The molecule has 9 heteroatoms. The maximum absolute atomic E-state index is 11.8. The Morgan fingerprint density at radius 2 is 1.79 bits per heavy atom. The van der Waals surface area contributed by atoms with Crippen molar-refractivity contribution >= 4 is 35.3 Å². The minimum atomic E-state index is 0. The van der Waals surface area contributed by atoms with Gasteiger partial charge in [0.25, 0.3) is 0 Å². The Morgan fingerprint density at radius 1 is 1.03 bits per heavy atom. The van der Waals surface area contributed by atoms with E-state index in [0.717, 1.165) is 54.7 Å². The maximum Gasteiger partial charge on any atom is 0.219 e. The minimum Gasteiger partial charge on any atom is -0.379 e. The predicted molar refractivity (Wildman–Crippen MR) is 134 cm³/mol. The van der Waals surface area contributed by atoms with Crippen LogP contribution in [0.5, 0.6) is 0 Å². The number of benzene rings is 1. The fourth-order valence-corrected chi connectivity index (χ4v) is 5.23. The normalized spacial score (nSPS) is 20.6. The molecule has 1 aromatic carbocycles. The van der Waals surface area contributed by atoms with Gasteiger partial charge in [0, 0.05) is 45.3 Å². The van der Waals surface area contributed by atoms with Crippen LogP contribution in [-0.4, -0.2) is 69.7 Å². The molecule has 34 heavy (non-hydrogen) atoms. The molecule has 0 unspecified atom stereocenters. The molecule has 3 fully saturated rings. The molecular formula is C25H31ClN6O2. The highest BCUT2D eigenvalue weighted by molar-refractivity contribution is 5.88. The first-order valence-electron chi connectivity index (χ1n) is 12.0. The van der Waals surface area contributed by atoms with E-state index in [1.165, 1.54) is 24.0 Å². The van der Waals surface area contributed by atoms with E-state index in [4.69, 9.17) is 19.7 Å². The van der Waals surface area contributed by atoms with Gasteiger partial charge in [-0.1, -0.05) is 24.3 Å². The molecule has 0 N–H and O–H groups in total. The number of halogens is 1. The molecule has 0 spiro atoms. The first kappa shape index (κ1) is 23.1. The quantitative estimate of drug-likeness (QED) is 0.564. The lowest BCUT2D eigenvalue weighted by atomic mass is 10.0. The zero-order valence-corrected chi connectivity index (χ0v) is 20.6. The van der Waals surface area contributed by atoms with Gasteiger partial charge < -0.3 is 19.1 Å². The van der Waals surface area contributed by atoms with Crippen molar-refractivity contribution in [1.29, 1.82) is 0 Å². The lowest BCUT2D eigenvalue weighted by molar-refractivity contribution is -0.129. The monoisotopic (exact) mass is 482 g/mol. The van der Waals surface area contributed by atoms with Crippen LogP contribution in [0.3, 0.4) is 0 Å². The Morgan fingerprint density at radius 3 is 2.47 bits per heavy atom. The fraction of sp³-hybridized carbons (Fsp3) is 0.520. The van der Waals surface area contributed by atoms with Crippen LogP contribution >= 0.6 is 12.4 Å². The molecule has 0 radical (unpaired) electrons. The Hall–Kier alpha value is -2.71. The second kappa shape index (κ2) is 9.15. The average molecular weight is 483 g/mol. The van der Waals surface area contributed by atoms with Gasteiger partial charge in [0.1, 0.15) is 11.6 Å². The molecule has 3 aliphatic rings. The number of ether oxygens (including phenoxy) is 1. The van der Waals surface area contributed by atoms with Crippen molar-refractivity contribution < 1.29 is 9.53 Å². The lowest BCUT2D eigenvalue weighted by Crippen LogP contribution is -2.48. The molecule has 2 aliphatic heterocycles. The average Bonchev–Trinajstić information content (AvgIpc) is 3.40. The van der Waals surface area contributed by atoms with Crippen molar-refractivity contribution in [2.24, 2.45) is 0 Å². The van der Waals surface area contributed by atoms with E-state index in [1.54, 1.807) is 6.92 Å². The number of imidazole rings is 1. The third kappa shape index (κ3) is 4.03. The van der Waals surface area contributed by atoms with Gasteiger partial charge in [-0.25, -0.2) is 15.0 Å². The molecule has 180 valence electrons. The van der Waals surface area contributed by atoms with E-state index < -0.39 is 0 Å². The van der Waals surface area contributed by atoms with Crippen LogP contribution < -0.4 is 4.90 Å². The van der Waals surface area contributed by atoms with Crippen molar-refractivity contribution in [2.75, 3.05) is 44.3 Å². The number of amides is 1. The summed E-state index contributed by atoms with van der Waals surface area (Å²) in [5.41, 5.74) is 4.33. The highest BCUT2D eigenvalue weighted by Gasteiger charge is 2.32. The highest BCUT2D eigenvalue weighted by atomic mass is 35.5. The molecule has 3 aromatic rings. The third-order valence-electron chi connectivity index (χ3n) is 7.15. The number of fused-ring (bicyclic) bond motifs is 1. The summed E-state index contributed by atoms with van der Waals surface area (Å²) in [6.45, 7) is 7.93. The molecule has 2 saturated heterocycles. The molecule has 8 nitrogen and oxygen atoms in total. The summed E-state index contributed by atoms with van der Waals surface area (Å²) in [6, 6.07) is 8.91. The van der Waals surface area contributed by atoms with Crippen molar-refractivity contribution in [2.45, 2.75) is 45.1 Å². The van der Waals surface area contributed by atoms with Gasteiger partial charge in [0.15, 0.2) is 17.0 Å². The van der Waals surface area contributed by atoms with Gasteiger partial charge >= 0.3 is 0 Å². The summed E-state index contributed by atoms with van der Waals surface area (Å²) in [5, 5.41) is 0. The minimum absolute atomic E-state index is 0. The standard InChI is InChI=1S/C25H30N6O2.ClH/c1-16-26-24(30-12-10-29(11-13-30)17(2)32)22-25(27-16)31(19-9-14-33-15-19)23(28-22)21-6-4-3-5-20(21)18-7-8-18;/h3-6,18-19H,7-15H2,1-2H3;1H/t19-;/m0./s1. The van der Waals surface area contributed by atoms with E-state index in [9.17, 15) is 4.79 Å². The van der Waals surface area contributed by atoms with Crippen LogP contribution in [0.1, 0.15) is 49.5 Å². The number of hydrogen-bond donors (Lipinski definition) is 0. The number of rotatable bonds is 4. The molecule has 1 amide bonds. The van der Waals surface area contributed by atoms with E-state index in [-0.39, 0.29) is 24.4 Å². The van der Waals surface area contributed by atoms with Gasteiger partial charge in [0.05, 0.1) is 12.6 Å². The maximum atomic E-state index is 11.8. The number of carbonyl (C=O) groups is 1. The number of carbonyl (C=O) groups excluding carboxylic acids is 1. The number of aryl methyl sites for hydroxylation is 1.